The van der Waals surface area contributed by atoms with Crippen LogP contribution >= 0.6 is 11.6 Å². The fraction of sp³-hybridized carbons (Fsp3) is 0.316. The second kappa shape index (κ2) is 7.64. The van der Waals surface area contributed by atoms with Crippen LogP contribution in [0.4, 0.5) is 4.79 Å². The first kappa shape index (κ1) is 17.4. The molecule has 1 heterocycles. The van der Waals surface area contributed by atoms with Crippen LogP contribution in [0.1, 0.15) is 31.2 Å². The minimum atomic E-state index is -0.857. The normalized spacial score (nSPS) is 22.6. The molecule has 1 aromatic carbocycles. The molecular formula is C19H18ClNO4. The number of carbonyl (C=O) groups is 1. The smallest absolute Gasteiger partial charge is 0.416 e. The van der Waals surface area contributed by atoms with Crippen LogP contribution in [0.25, 0.3) is 0 Å². The number of halogens is 1. The molecule has 2 aromatic rings. The zero-order chi connectivity index (χ0) is 17.7. The van der Waals surface area contributed by atoms with Gasteiger partial charge in [0.1, 0.15) is 5.54 Å². The molecule has 2 N–H and O–H groups in total. The van der Waals surface area contributed by atoms with Crippen molar-refractivity contribution in [2.24, 2.45) is 0 Å². The molecule has 1 aliphatic carbocycles. The maximum atomic E-state index is 12.2. The zero-order valence-electron chi connectivity index (χ0n) is 13.5. The molecule has 1 aliphatic rings. The Kier molecular flexibility index (Phi) is 5.32. The van der Waals surface area contributed by atoms with Crippen LogP contribution in [0.2, 0.25) is 5.02 Å². The fourth-order valence-corrected chi connectivity index (χ4v) is 3.09. The average molecular weight is 360 g/mol. The predicted molar refractivity (Wildman–Crippen MR) is 93.4 cm³/mol. The van der Waals surface area contributed by atoms with Crippen molar-refractivity contribution in [2.45, 2.75) is 37.3 Å². The van der Waals surface area contributed by atoms with Crippen molar-refractivity contribution in [3.63, 3.8) is 0 Å². The van der Waals surface area contributed by atoms with E-state index in [4.69, 9.17) is 20.8 Å². The number of aliphatic hydroxyl groups is 1. The number of carbonyl (C=O) groups excluding carboxylic acids is 1. The Morgan fingerprint density at radius 2 is 2.28 bits per heavy atom. The second-order valence-corrected chi connectivity index (χ2v) is 6.48. The molecule has 25 heavy (non-hydrogen) atoms. The van der Waals surface area contributed by atoms with Gasteiger partial charge in [-0.1, -0.05) is 29.5 Å². The fourth-order valence-electron chi connectivity index (χ4n) is 2.90. The minimum absolute atomic E-state index is 0.104. The molecule has 0 spiro atoms. The van der Waals surface area contributed by atoms with E-state index in [1.165, 1.54) is 6.26 Å². The summed E-state index contributed by atoms with van der Waals surface area (Å²) in [5.74, 6) is 6.25. The van der Waals surface area contributed by atoms with Crippen LogP contribution in [0.15, 0.2) is 47.1 Å². The van der Waals surface area contributed by atoms with E-state index in [9.17, 15) is 9.90 Å². The molecule has 1 saturated carbocycles. The third kappa shape index (κ3) is 4.79. The average Bonchev–Trinajstić information content (AvgIpc) is 3.06. The maximum Gasteiger partial charge on any atom is 0.416 e. The molecule has 6 heteroatoms. The molecule has 130 valence electrons. The molecule has 5 nitrogen and oxygen atoms in total. The lowest BCUT2D eigenvalue weighted by Crippen LogP contribution is -2.52. The van der Waals surface area contributed by atoms with Gasteiger partial charge in [0.15, 0.2) is 0 Å². The van der Waals surface area contributed by atoms with Gasteiger partial charge in [-0.15, -0.1) is 0 Å². The van der Waals surface area contributed by atoms with Crippen molar-refractivity contribution in [2.75, 3.05) is 0 Å². The number of aliphatic hydroxyl groups excluding tert-OH is 1. The molecule has 2 atom stereocenters. The Bertz CT molecular complexity index is 793. The summed E-state index contributed by atoms with van der Waals surface area (Å²) in [5.41, 5.74) is -0.114. The molecule has 0 aliphatic heterocycles. The minimum Gasteiger partial charge on any atom is -0.434 e. The molecule has 1 fully saturated rings. The standard InChI is InChI=1S/C19H18ClNO4/c20-15-5-1-4-14(12-15)8-10-19(9-2-6-16(22)13-19)21-18(23)25-17-7-3-11-24-17/h1,3-5,7,11-12,16,22H,2,6,9,13H2,(H,21,23)/t16-,19+/m1/s1. The van der Waals surface area contributed by atoms with Gasteiger partial charge in [-0.3, -0.25) is 0 Å². The van der Waals surface area contributed by atoms with E-state index in [2.05, 4.69) is 17.2 Å². The lowest BCUT2D eigenvalue weighted by molar-refractivity contribution is 0.0905. The summed E-state index contributed by atoms with van der Waals surface area (Å²) < 4.78 is 10.1. The summed E-state index contributed by atoms with van der Waals surface area (Å²) in [5, 5.41) is 13.4. The highest BCUT2D eigenvalue weighted by atomic mass is 35.5. The number of hydrogen-bond acceptors (Lipinski definition) is 4. The molecule has 0 radical (unpaired) electrons. The summed E-state index contributed by atoms with van der Waals surface area (Å²) in [6.45, 7) is 0. The van der Waals surface area contributed by atoms with Gasteiger partial charge < -0.3 is 19.6 Å². The van der Waals surface area contributed by atoms with Gasteiger partial charge in [0.05, 0.1) is 12.4 Å². The van der Waals surface area contributed by atoms with Crippen molar-refractivity contribution >= 4 is 17.7 Å². The van der Waals surface area contributed by atoms with Crippen molar-refractivity contribution < 1.29 is 19.1 Å². The van der Waals surface area contributed by atoms with E-state index in [0.717, 1.165) is 12.0 Å². The number of nitrogens with one attached hydrogen (secondary N) is 1. The van der Waals surface area contributed by atoms with E-state index in [1.807, 2.05) is 12.1 Å². The van der Waals surface area contributed by atoms with Gasteiger partial charge in [0, 0.05) is 23.1 Å². The van der Waals surface area contributed by atoms with Gasteiger partial charge in [0.25, 0.3) is 5.95 Å². The molecule has 0 saturated heterocycles. The Morgan fingerprint density at radius 1 is 1.40 bits per heavy atom. The van der Waals surface area contributed by atoms with Crippen LogP contribution in [0, 0.1) is 11.8 Å². The van der Waals surface area contributed by atoms with Crippen LogP contribution in [0.3, 0.4) is 0 Å². The highest BCUT2D eigenvalue weighted by Gasteiger charge is 2.36. The molecule has 0 bridgehead atoms. The Hall–Kier alpha value is -2.42. The van der Waals surface area contributed by atoms with Crippen molar-refractivity contribution in [1.82, 2.24) is 5.32 Å². The van der Waals surface area contributed by atoms with Gasteiger partial charge in [0.2, 0.25) is 0 Å². The van der Waals surface area contributed by atoms with Gasteiger partial charge in [-0.25, -0.2) is 4.79 Å². The number of rotatable bonds is 2. The quantitative estimate of drug-likeness (QED) is 0.801. The third-order valence-electron chi connectivity index (χ3n) is 4.03. The van der Waals surface area contributed by atoms with Gasteiger partial charge in [-0.05, 0) is 43.5 Å². The third-order valence-corrected chi connectivity index (χ3v) is 4.26. The van der Waals surface area contributed by atoms with Crippen molar-refractivity contribution in [3.8, 4) is 17.8 Å². The Labute approximate surface area is 150 Å². The first-order valence-electron chi connectivity index (χ1n) is 8.05. The molecule has 1 aromatic heterocycles. The number of furan rings is 1. The van der Waals surface area contributed by atoms with Crippen molar-refractivity contribution in [1.29, 1.82) is 0 Å². The summed E-state index contributed by atoms with van der Waals surface area (Å²) in [4.78, 5) is 12.2. The lowest BCUT2D eigenvalue weighted by atomic mass is 9.80. The summed E-state index contributed by atoms with van der Waals surface area (Å²) in [7, 11) is 0. The van der Waals surface area contributed by atoms with Crippen LogP contribution < -0.4 is 10.1 Å². The van der Waals surface area contributed by atoms with E-state index in [-0.39, 0.29) is 5.95 Å². The monoisotopic (exact) mass is 359 g/mol. The Balaban J connectivity index is 1.80. The molecule has 0 unspecified atom stereocenters. The number of benzene rings is 1. The molecule has 1 amide bonds. The van der Waals surface area contributed by atoms with Gasteiger partial charge >= 0.3 is 6.09 Å². The molecule has 3 rings (SSSR count). The summed E-state index contributed by atoms with van der Waals surface area (Å²) in [6.07, 6.45) is 2.65. The highest BCUT2D eigenvalue weighted by Crippen LogP contribution is 2.28. The summed E-state index contributed by atoms with van der Waals surface area (Å²) >= 11 is 5.98. The van der Waals surface area contributed by atoms with E-state index in [0.29, 0.717) is 24.3 Å². The van der Waals surface area contributed by atoms with E-state index >= 15 is 0 Å². The van der Waals surface area contributed by atoms with Crippen LogP contribution in [0.5, 0.6) is 5.95 Å². The SMILES string of the molecule is O=C(N[C@]1(C#Cc2cccc(Cl)c2)CCC[C@@H](O)C1)Oc1ccco1. The Morgan fingerprint density at radius 3 is 3.00 bits per heavy atom. The number of amides is 1. The second-order valence-electron chi connectivity index (χ2n) is 6.04. The zero-order valence-corrected chi connectivity index (χ0v) is 14.3. The topological polar surface area (TPSA) is 71.7 Å². The number of hydrogen-bond donors (Lipinski definition) is 2. The van der Waals surface area contributed by atoms with Gasteiger partial charge in [-0.2, -0.15) is 0 Å². The van der Waals surface area contributed by atoms with Crippen LogP contribution in [-0.2, 0) is 0 Å². The maximum absolute atomic E-state index is 12.2. The van der Waals surface area contributed by atoms with Crippen molar-refractivity contribution in [3.05, 3.63) is 53.2 Å². The van der Waals surface area contributed by atoms with E-state index < -0.39 is 17.7 Å². The largest absolute Gasteiger partial charge is 0.434 e. The summed E-state index contributed by atoms with van der Waals surface area (Å²) in [6, 6.07) is 10.3. The predicted octanol–water partition coefficient (Wildman–Crippen LogP) is 3.75. The first-order chi connectivity index (χ1) is 12.0. The molecular weight excluding hydrogens is 342 g/mol. The number of ether oxygens (including phenoxy) is 1. The highest BCUT2D eigenvalue weighted by molar-refractivity contribution is 6.30. The van der Waals surface area contributed by atoms with Crippen LogP contribution in [-0.4, -0.2) is 22.8 Å². The first-order valence-corrected chi connectivity index (χ1v) is 8.43. The van der Waals surface area contributed by atoms with E-state index in [1.54, 1.807) is 24.3 Å². The lowest BCUT2D eigenvalue weighted by Gasteiger charge is -2.35.